The fraction of sp³-hybridized carbons (Fsp3) is 0.278. The van der Waals surface area contributed by atoms with E-state index < -0.39 is 28.5 Å². The lowest BCUT2D eigenvalue weighted by atomic mass is 10.1. The third-order valence-corrected chi connectivity index (χ3v) is 9.42. The Balaban J connectivity index is 1.70. The Morgan fingerprint density at radius 2 is 1.33 bits per heavy atom. The van der Waals surface area contributed by atoms with Crippen molar-refractivity contribution in [2.75, 3.05) is 10.8 Å². The number of nitrogens with zero attached hydrogens (tertiary/aromatic N) is 2. The lowest BCUT2D eigenvalue weighted by molar-refractivity contribution is -0.139. The predicted molar refractivity (Wildman–Crippen MR) is 178 cm³/mol. The lowest BCUT2D eigenvalue weighted by Crippen LogP contribution is -2.52. The first-order valence-electron chi connectivity index (χ1n) is 15.1. The molecule has 0 saturated heterocycles. The van der Waals surface area contributed by atoms with E-state index in [1.165, 1.54) is 17.0 Å². The van der Waals surface area contributed by atoms with Crippen LogP contribution in [0.1, 0.15) is 43.9 Å². The first kappa shape index (κ1) is 33.3. The van der Waals surface area contributed by atoms with E-state index in [9.17, 15) is 18.0 Å². The van der Waals surface area contributed by atoms with E-state index in [1.54, 1.807) is 43.3 Å². The van der Waals surface area contributed by atoms with Crippen LogP contribution in [0.25, 0.3) is 0 Å². The first-order valence-corrected chi connectivity index (χ1v) is 16.5. The van der Waals surface area contributed by atoms with Crippen LogP contribution in [0.2, 0.25) is 0 Å². The molecule has 4 aromatic carbocycles. The van der Waals surface area contributed by atoms with E-state index in [-0.39, 0.29) is 29.1 Å². The summed E-state index contributed by atoms with van der Waals surface area (Å²) in [6.07, 6.45) is 0.733. The van der Waals surface area contributed by atoms with Crippen LogP contribution in [-0.2, 0) is 26.2 Å². The number of aryl methyl sites for hydroxylation is 2. The smallest absolute Gasteiger partial charge is 0.264 e. The summed E-state index contributed by atoms with van der Waals surface area (Å²) < 4.78 is 35.2. The monoisotopic (exact) mass is 627 g/mol. The van der Waals surface area contributed by atoms with Gasteiger partial charge in [0.2, 0.25) is 11.8 Å². The number of carbonyl (C=O) groups is 2. The minimum Gasteiger partial charge on any atom is -0.457 e. The zero-order valence-corrected chi connectivity index (χ0v) is 27.3. The maximum absolute atomic E-state index is 14.2. The van der Waals surface area contributed by atoms with E-state index in [1.807, 2.05) is 82.3 Å². The molecule has 0 spiro atoms. The molecule has 0 aliphatic heterocycles. The maximum atomic E-state index is 14.2. The third kappa shape index (κ3) is 8.73. The largest absolute Gasteiger partial charge is 0.457 e. The SMILES string of the molecule is CC[C@H](C)NC(=O)[C@H](C)N(Cc1ccc(C)cc1)C(=O)CN(c1ccc(Oc2ccccc2)cc1)S(=O)(=O)c1ccc(C)cc1. The Bertz CT molecular complexity index is 1670. The second-order valence-electron chi connectivity index (χ2n) is 11.2. The Labute approximate surface area is 266 Å². The van der Waals surface area contributed by atoms with Crippen LogP contribution in [0.3, 0.4) is 0 Å². The molecular weight excluding hydrogens is 586 g/mol. The molecule has 2 amide bonds. The highest BCUT2D eigenvalue weighted by molar-refractivity contribution is 7.92. The number of ether oxygens (including phenoxy) is 1. The fourth-order valence-electron chi connectivity index (χ4n) is 4.61. The highest BCUT2D eigenvalue weighted by Gasteiger charge is 2.32. The van der Waals surface area contributed by atoms with Crippen molar-refractivity contribution in [3.8, 4) is 11.5 Å². The van der Waals surface area contributed by atoms with Crippen molar-refractivity contribution in [3.63, 3.8) is 0 Å². The van der Waals surface area contributed by atoms with Crippen LogP contribution >= 0.6 is 0 Å². The number of benzene rings is 4. The van der Waals surface area contributed by atoms with Crippen LogP contribution in [0, 0.1) is 13.8 Å². The van der Waals surface area contributed by atoms with Gasteiger partial charge in [-0.25, -0.2) is 8.42 Å². The van der Waals surface area contributed by atoms with E-state index in [2.05, 4.69) is 5.32 Å². The summed E-state index contributed by atoms with van der Waals surface area (Å²) in [6, 6.07) is 29.1. The molecular formula is C36H41N3O5S. The predicted octanol–water partition coefficient (Wildman–Crippen LogP) is 6.62. The summed E-state index contributed by atoms with van der Waals surface area (Å²) in [6.45, 7) is 9.00. The van der Waals surface area contributed by atoms with Crippen LogP contribution in [0.4, 0.5) is 5.69 Å². The van der Waals surface area contributed by atoms with Crippen molar-refractivity contribution in [3.05, 3.63) is 120 Å². The summed E-state index contributed by atoms with van der Waals surface area (Å²) in [4.78, 5) is 28.9. The normalized spacial score (nSPS) is 12.6. The van der Waals surface area contributed by atoms with Gasteiger partial charge in [0.05, 0.1) is 10.6 Å². The van der Waals surface area contributed by atoms with Crippen molar-refractivity contribution in [1.82, 2.24) is 10.2 Å². The number of nitrogens with one attached hydrogen (secondary N) is 1. The molecule has 45 heavy (non-hydrogen) atoms. The van der Waals surface area contributed by atoms with Gasteiger partial charge in [0.1, 0.15) is 24.1 Å². The Morgan fingerprint density at radius 1 is 0.778 bits per heavy atom. The highest BCUT2D eigenvalue weighted by atomic mass is 32.2. The van der Waals surface area contributed by atoms with Gasteiger partial charge in [0.25, 0.3) is 10.0 Å². The number of anilines is 1. The minimum atomic E-state index is -4.17. The highest BCUT2D eigenvalue weighted by Crippen LogP contribution is 2.29. The standard InChI is InChI=1S/C36H41N3O5S/c1-6-28(4)37-36(41)29(5)38(24-30-16-12-26(2)13-17-30)35(40)25-39(45(42,43)34-22-14-27(3)15-23-34)31-18-20-33(21-19-31)44-32-10-8-7-9-11-32/h7-23,28-29H,6,24-25H2,1-5H3,(H,37,41)/t28-,29-/m0/s1. The number of sulfonamides is 1. The quantitative estimate of drug-likeness (QED) is 0.180. The van der Waals surface area contributed by atoms with Crippen LogP contribution in [-0.4, -0.2) is 43.8 Å². The number of rotatable bonds is 13. The van der Waals surface area contributed by atoms with Gasteiger partial charge < -0.3 is 15.0 Å². The second kappa shape index (κ2) is 14.9. The fourth-order valence-corrected chi connectivity index (χ4v) is 6.02. The van der Waals surface area contributed by atoms with Gasteiger partial charge in [-0.3, -0.25) is 13.9 Å². The second-order valence-corrected chi connectivity index (χ2v) is 13.1. The number of hydrogen-bond acceptors (Lipinski definition) is 5. The van der Waals surface area contributed by atoms with Crippen molar-refractivity contribution >= 4 is 27.5 Å². The first-order chi connectivity index (χ1) is 21.5. The molecule has 4 rings (SSSR count). The number of hydrogen-bond donors (Lipinski definition) is 1. The molecule has 8 nitrogen and oxygen atoms in total. The zero-order chi connectivity index (χ0) is 32.6. The molecule has 0 saturated carbocycles. The molecule has 0 aliphatic carbocycles. The molecule has 4 aromatic rings. The molecule has 0 heterocycles. The molecule has 1 N–H and O–H groups in total. The number of para-hydroxylation sites is 1. The zero-order valence-electron chi connectivity index (χ0n) is 26.4. The average Bonchev–Trinajstić information content (AvgIpc) is 3.04. The van der Waals surface area contributed by atoms with Gasteiger partial charge in [-0.05, 0) is 88.2 Å². The topological polar surface area (TPSA) is 96.0 Å². The van der Waals surface area contributed by atoms with Crippen molar-refractivity contribution < 1.29 is 22.7 Å². The molecule has 0 unspecified atom stereocenters. The van der Waals surface area contributed by atoms with E-state index >= 15 is 0 Å². The van der Waals surface area contributed by atoms with E-state index in [0.717, 1.165) is 27.4 Å². The van der Waals surface area contributed by atoms with Crippen LogP contribution < -0.4 is 14.4 Å². The number of amides is 2. The van der Waals surface area contributed by atoms with Gasteiger partial charge in [-0.2, -0.15) is 0 Å². The van der Waals surface area contributed by atoms with Gasteiger partial charge in [0.15, 0.2) is 0 Å². The van der Waals surface area contributed by atoms with Crippen molar-refractivity contribution in [2.24, 2.45) is 0 Å². The van der Waals surface area contributed by atoms with E-state index in [0.29, 0.717) is 11.5 Å². The van der Waals surface area contributed by atoms with Crippen molar-refractivity contribution in [2.45, 2.75) is 64.6 Å². The van der Waals surface area contributed by atoms with Gasteiger partial charge in [-0.15, -0.1) is 0 Å². The summed E-state index contributed by atoms with van der Waals surface area (Å²) in [7, 11) is -4.17. The summed E-state index contributed by atoms with van der Waals surface area (Å²) in [5.41, 5.74) is 3.09. The molecule has 9 heteroatoms. The summed E-state index contributed by atoms with van der Waals surface area (Å²) in [5.74, 6) is 0.337. The summed E-state index contributed by atoms with van der Waals surface area (Å²) in [5, 5.41) is 2.95. The third-order valence-electron chi connectivity index (χ3n) is 7.63. The van der Waals surface area contributed by atoms with Gasteiger partial charge in [0, 0.05) is 12.6 Å². The molecule has 0 radical (unpaired) electrons. The Morgan fingerprint density at radius 3 is 1.91 bits per heavy atom. The molecule has 0 fully saturated rings. The van der Waals surface area contributed by atoms with Gasteiger partial charge >= 0.3 is 0 Å². The van der Waals surface area contributed by atoms with Crippen LogP contribution in [0.15, 0.2) is 108 Å². The maximum Gasteiger partial charge on any atom is 0.264 e. The molecule has 0 bridgehead atoms. The van der Waals surface area contributed by atoms with E-state index in [4.69, 9.17) is 4.74 Å². The Kier molecular flexibility index (Phi) is 11.0. The molecule has 0 aliphatic rings. The van der Waals surface area contributed by atoms with Crippen LogP contribution in [0.5, 0.6) is 11.5 Å². The van der Waals surface area contributed by atoms with Gasteiger partial charge in [-0.1, -0.05) is 72.6 Å². The lowest BCUT2D eigenvalue weighted by Gasteiger charge is -2.32. The molecule has 236 valence electrons. The molecule has 2 atom stereocenters. The Hall–Kier alpha value is -4.63. The summed E-state index contributed by atoms with van der Waals surface area (Å²) >= 11 is 0. The minimum absolute atomic E-state index is 0.0539. The van der Waals surface area contributed by atoms with Crippen molar-refractivity contribution in [1.29, 1.82) is 0 Å². The average molecular weight is 628 g/mol. The molecule has 0 aromatic heterocycles. The number of carbonyl (C=O) groups excluding carboxylic acids is 2.